The van der Waals surface area contributed by atoms with Gasteiger partial charge in [0, 0.05) is 7.05 Å². The highest BCUT2D eigenvalue weighted by atomic mass is 15.1. The molecule has 15 heavy (non-hydrogen) atoms. The molecular weight excluding hydrogens is 186 g/mol. The van der Waals surface area contributed by atoms with E-state index in [-0.39, 0.29) is 6.04 Å². The van der Waals surface area contributed by atoms with E-state index >= 15 is 0 Å². The van der Waals surface area contributed by atoms with Crippen LogP contribution in [0.5, 0.6) is 0 Å². The van der Waals surface area contributed by atoms with Crippen molar-refractivity contribution in [1.82, 2.24) is 9.55 Å². The van der Waals surface area contributed by atoms with Crippen molar-refractivity contribution in [3.8, 4) is 0 Å². The lowest BCUT2D eigenvalue weighted by molar-refractivity contribution is 0.623. The second-order valence-corrected chi connectivity index (χ2v) is 3.99. The first-order chi connectivity index (χ1) is 7.15. The van der Waals surface area contributed by atoms with Crippen molar-refractivity contribution in [1.29, 1.82) is 0 Å². The Kier molecular flexibility index (Phi) is 2.49. The Morgan fingerprint density at radius 3 is 2.80 bits per heavy atom. The molecule has 3 nitrogen and oxygen atoms in total. The first kappa shape index (κ1) is 10.2. The SMILES string of the molecule is CCC(N)c1nc2cccc(C)c2n1C. The third-order valence-corrected chi connectivity index (χ3v) is 2.90. The number of nitrogens with zero attached hydrogens (tertiary/aromatic N) is 2. The van der Waals surface area contributed by atoms with Gasteiger partial charge in [0.15, 0.2) is 0 Å². The molecule has 2 aromatic rings. The Labute approximate surface area is 89.9 Å². The summed E-state index contributed by atoms with van der Waals surface area (Å²) in [5, 5.41) is 0. The van der Waals surface area contributed by atoms with Crippen LogP contribution < -0.4 is 5.73 Å². The van der Waals surface area contributed by atoms with Crippen molar-refractivity contribution >= 4 is 11.0 Å². The zero-order valence-electron chi connectivity index (χ0n) is 9.49. The second kappa shape index (κ2) is 3.66. The largest absolute Gasteiger partial charge is 0.330 e. The molecule has 1 unspecified atom stereocenters. The van der Waals surface area contributed by atoms with E-state index < -0.39 is 0 Å². The lowest BCUT2D eigenvalue weighted by atomic mass is 10.2. The van der Waals surface area contributed by atoms with Crippen LogP contribution in [0.1, 0.15) is 30.8 Å². The number of aryl methyl sites for hydroxylation is 2. The number of imidazole rings is 1. The Morgan fingerprint density at radius 1 is 1.47 bits per heavy atom. The zero-order chi connectivity index (χ0) is 11.0. The summed E-state index contributed by atoms with van der Waals surface area (Å²) in [6, 6.07) is 6.20. The summed E-state index contributed by atoms with van der Waals surface area (Å²) in [5.74, 6) is 0.974. The van der Waals surface area contributed by atoms with E-state index in [2.05, 4.69) is 29.5 Å². The highest BCUT2D eigenvalue weighted by Gasteiger charge is 2.13. The second-order valence-electron chi connectivity index (χ2n) is 3.99. The number of para-hydroxylation sites is 1. The molecule has 0 amide bonds. The molecule has 2 N–H and O–H groups in total. The minimum atomic E-state index is 0.0294. The van der Waals surface area contributed by atoms with E-state index in [1.807, 2.05) is 19.2 Å². The van der Waals surface area contributed by atoms with Gasteiger partial charge in [-0.15, -0.1) is 0 Å². The fraction of sp³-hybridized carbons (Fsp3) is 0.417. The van der Waals surface area contributed by atoms with E-state index in [1.165, 1.54) is 11.1 Å². The van der Waals surface area contributed by atoms with Crippen molar-refractivity contribution in [3.63, 3.8) is 0 Å². The summed E-state index contributed by atoms with van der Waals surface area (Å²) in [7, 11) is 2.03. The molecule has 1 heterocycles. The summed E-state index contributed by atoms with van der Waals surface area (Å²) >= 11 is 0. The summed E-state index contributed by atoms with van der Waals surface area (Å²) in [6.45, 7) is 4.18. The molecule has 0 bridgehead atoms. The van der Waals surface area contributed by atoms with Crippen LogP contribution in [0.25, 0.3) is 11.0 Å². The summed E-state index contributed by atoms with van der Waals surface area (Å²) in [4.78, 5) is 4.58. The highest BCUT2D eigenvalue weighted by molar-refractivity contribution is 5.79. The van der Waals surface area contributed by atoms with Crippen LogP contribution in [0.2, 0.25) is 0 Å². The molecule has 0 saturated carbocycles. The molecule has 1 aromatic carbocycles. The molecule has 2 rings (SSSR count). The van der Waals surface area contributed by atoms with E-state index in [1.54, 1.807) is 0 Å². The van der Waals surface area contributed by atoms with Gasteiger partial charge in [0.1, 0.15) is 5.82 Å². The Bertz CT molecular complexity index is 485. The summed E-state index contributed by atoms with van der Waals surface area (Å²) < 4.78 is 2.11. The lowest BCUT2D eigenvalue weighted by Crippen LogP contribution is -2.14. The van der Waals surface area contributed by atoms with Gasteiger partial charge in [-0.25, -0.2) is 4.98 Å². The first-order valence-electron chi connectivity index (χ1n) is 5.32. The van der Waals surface area contributed by atoms with Crippen LogP contribution in [-0.2, 0) is 7.05 Å². The van der Waals surface area contributed by atoms with Gasteiger partial charge >= 0.3 is 0 Å². The smallest absolute Gasteiger partial charge is 0.126 e. The Hall–Kier alpha value is -1.35. The molecule has 0 saturated heterocycles. The monoisotopic (exact) mass is 203 g/mol. The first-order valence-corrected chi connectivity index (χ1v) is 5.32. The zero-order valence-corrected chi connectivity index (χ0v) is 9.49. The number of rotatable bonds is 2. The van der Waals surface area contributed by atoms with Crippen molar-refractivity contribution in [3.05, 3.63) is 29.6 Å². The number of aromatic nitrogens is 2. The van der Waals surface area contributed by atoms with Crippen LogP contribution >= 0.6 is 0 Å². The van der Waals surface area contributed by atoms with Crippen molar-refractivity contribution in [2.24, 2.45) is 12.8 Å². The van der Waals surface area contributed by atoms with Gasteiger partial charge < -0.3 is 10.3 Å². The molecular formula is C12H17N3. The number of fused-ring (bicyclic) bond motifs is 1. The highest BCUT2D eigenvalue weighted by Crippen LogP contribution is 2.22. The van der Waals surface area contributed by atoms with Crippen molar-refractivity contribution in [2.75, 3.05) is 0 Å². The van der Waals surface area contributed by atoms with Crippen molar-refractivity contribution in [2.45, 2.75) is 26.3 Å². The van der Waals surface area contributed by atoms with Gasteiger partial charge in [-0.05, 0) is 25.0 Å². The predicted molar refractivity (Wildman–Crippen MR) is 62.7 cm³/mol. The molecule has 0 fully saturated rings. The fourth-order valence-electron chi connectivity index (χ4n) is 2.00. The molecule has 0 aliphatic carbocycles. The van der Waals surface area contributed by atoms with Gasteiger partial charge in [-0.1, -0.05) is 19.1 Å². The average Bonchev–Trinajstić information content (AvgIpc) is 2.56. The minimum Gasteiger partial charge on any atom is -0.330 e. The molecule has 1 atom stereocenters. The maximum absolute atomic E-state index is 6.03. The van der Waals surface area contributed by atoms with Gasteiger partial charge in [0.05, 0.1) is 17.1 Å². The van der Waals surface area contributed by atoms with Crippen LogP contribution in [0, 0.1) is 6.92 Å². The molecule has 0 aliphatic heterocycles. The fourth-order valence-corrected chi connectivity index (χ4v) is 2.00. The quantitative estimate of drug-likeness (QED) is 0.813. The van der Waals surface area contributed by atoms with Gasteiger partial charge in [0.25, 0.3) is 0 Å². The lowest BCUT2D eigenvalue weighted by Gasteiger charge is -2.08. The van der Waals surface area contributed by atoms with E-state index in [0.29, 0.717) is 0 Å². The predicted octanol–water partition coefficient (Wildman–Crippen LogP) is 2.29. The Morgan fingerprint density at radius 2 is 2.20 bits per heavy atom. The van der Waals surface area contributed by atoms with E-state index in [0.717, 1.165) is 17.8 Å². The summed E-state index contributed by atoms with van der Waals surface area (Å²) in [6.07, 6.45) is 0.913. The third kappa shape index (κ3) is 1.53. The van der Waals surface area contributed by atoms with Crippen LogP contribution in [0.15, 0.2) is 18.2 Å². The topological polar surface area (TPSA) is 43.8 Å². The molecule has 1 aromatic heterocycles. The van der Waals surface area contributed by atoms with Crippen molar-refractivity contribution < 1.29 is 0 Å². The van der Waals surface area contributed by atoms with Crippen LogP contribution in [0.3, 0.4) is 0 Å². The van der Waals surface area contributed by atoms with Gasteiger partial charge in [-0.3, -0.25) is 0 Å². The molecule has 3 heteroatoms. The van der Waals surface area contributed by atoms with Gasteiger partial charge in [-0.2, -0.15) is 0 Å². The Balaban J connectivity index is 2.70. The molecule has 0 aliphatic rings. The normalized spacial score (nSPS) is 13.3. The summed E-state index contributed by atoms with van der Waals surface area (Å²) in [5.41, 5.74) is 9.50. The van der Waals surface area contributed by atoms with Crippen LogP contribution in [-0.4, -0.2) is 9.55 Å². The number of nitrogens with two attached hydrogens (primary N) is 1. The molecule has 0 radical (unpaired) electrons. The standard InChI is InChI=1S/C12H17N3/c1-4-9(13)12-14-10-7-5-6-8(2)11(10)15(12)3/h5-7,9H,4,13H2,1-3H3. The van der Waals surface area contributed by atoms with Gasteiger partial charge in [0.2, 0.25) is 0 Å². The molecule has 0 spiro atoms. The molecule has 80 valence electrons. The number of hydrogen-bond donors (Lipinski definition) is 1. The number of benzene rings is 1. The maximum Gasteiger partial charge on any atom is 0.126 e. The average molecular weight is 203 g/mol. The van der Waals surface area contributed by atoms with E-state index in [4.69, 9.17) is 5.73 Å². The minimum absolute atomic E-state index is 0.0294. The maximum atomic E-state index is 6.03. The third-order valence-electron chi connectivity index (χ3n) is 2.90. The number of hydrogen-bond acceptors (Lipinski definition) is 2. The van der Waals surface area contributed by atoms with Crippen LogP contribution in [0.4, 0.5) is 0 Å². The van der Waals surface area contributed by atoms with E-state index in [9.17, 15) is 0 Å².